The van der Waals surface area contributed by atoms with Crippen molar-refractivity contribution in [3.8, 4) is 67.3 Å². The molecule has 4 aromatic carbocycles. The first-order chi connectivity index (χ1) is 23.8. The molecule has 8 rings (SSSR count). The van der Waals surface area contributed by atoms with Crippen molar-refractivity contribution in [3.63, 3.8) is 0 Å². The first kappa shape index (κ1) is 33.0. The van der Waals surface area contributed by atoms with Gasteiger partial charge in [0.05, 0.1) is 22.8 Å². The molecule has 4 nitrogen and oxygen atoms in total. The Morgan fingerprint density at radius 3 is 0.633 bits per heavy atom. The zero-order valence-electron chi connectivity index (χ0n) is 26.6. The van der Waals surface area contributed by atoms with Crippen LogP contribution in [0.4, 0.5) is 0 Å². The van der Waals surface area contributed by atoms with Crippen molar-refractivity contribution < 1.29 is 19.8 Å². The molecular formula is C44H32N4Os+2. The van der Waals surface area contributed by atoms with E-state index in [1.807, 2.05) is 122 Å². The first-order valence-corrected chi connectivity index (χ1v) is 15.9. The number of hydrogen-bond donors (Lipinski definition) is 0. The van der Waals surface area contributed by atoms with Crippen molar-refractivity contribution in [1.82, 2.24) is 19.9 Å². The van der Waals surface area contributed by atoms with Crippen LogP contribution >= 0.6 is 0 Å². The molecule has 0 bridgehead atoms. The molecule has 0 fully saturated rings. The summed E-state index contributed by atoms with van der Waals surface area (Å²) in [6.07, 6.45) is 7.37. The number of nitrogens with zero attached hydrogens (tertiary/aromatic N) is 4. The van der Waals surface area contributed by atoms with Crippen LogP contribution in [-0.2, 0) is 19.8 Å². The molecule has 0 aliphatic carbocycles. The third-order valence-electron chi connectivity index (χ3n) is 7.99. The molecule has 0 unspecified atom stereocenters. The Bertz CT molecular complexity index is 1900. The van der Waals surface area contributed by atoms with E-state index in [4.69, 9.17) is 0 Å². The third-order valence-corrected chi connectivity index (χ3v) is 7.99. The summed E-state index contributed by atoms with van der Waals surface area (Å²) in [5.74, 6) is 0. The zero-order valence-corrected chi connectivity index (χ0v) is 29.2. The van der Waals surface area contributed by atoms with E-state index in [-0.39, 0.29) is 19.8 Å². The van der Waals surface area contributed by atoms with E-state index in [0.717, 1.165) is 45.0 Å². The van der Waals surface area contributed by atoms with Crippen molar-refractivity contribution in [2.75, 3.05) is 0 Å². The van der Waals surface area contributed by atoms with Gasteiger partial charge in [0.25, 0.3) is 0 Å². The Morgan fingerprint density at radius 2 is 0.429 bits per heavy atom. The van der Waals surface area contributed by atoms with Crippen molar-refractivity contribution in [1.29, 1.82) is 0 Å². The summed E-state index contributed by atoms with van der Waals surface area (Å²) >= 11 is 0. The molecule has 0 radical (unpaired) electrons. The third kappa shape index (κ3) is 8.35. The Labute approximate surface area is 300 Å². The molecule has 5 heteroatoms. The number of rotatable bonds is 6. The van der Waals surface area contributed by atoms with Gasteiger partial charge < -0.3 is 0 Å². The average molecular weight is 807 g/mol. The predicted octanol–water partition coefficient (Wildman–Crippen LogP) is 11.0. The van der Waals surface area contributed by atoms with E-state index in [1.165, 1.54) is 22.3 Å². The van der Waals surface area contributed by atoms with Crippen LogP contribution in [0.3, 0.4) is 0 Å². The second-order valence-corrected chi connectivity index (χ2v) is 11.2. The van der Waals surface area contributed by atoms with Crippen molar-refractivity contribution in [2.24, 2.45) is 0 Å². The Morgan fingerprint density at radius 1 is 0.224 bits per heavy atom. The van der Waals surface area contributed by atoms with Gasteiger partial charge in [-0.05, 0) is 93.0 Å². The maximum Gasteiger partial charge on any atom is 2.00 e. The van der Waals surface area contributed by atoms with Crippen LogP contribution in [-0.4, -0.2) is 19.9 Å². The number of benzene rings is 4. The number of pyridine rings is 4. The number of aromatic nitrogens is 4. The van der Waals surface area contributed by atoms with Crippen molar-refractivity contribution >= 4 is 0 Å². The second kappa shape index (κ2) is 16.3. The fourth-order valence-corrected chi connectivity index (χ4v) is 5.52. The Kier molecular flexibility index (Phi) is 11.0. The van der Waals surface area contributed by atoms with Crippen LogP contribution in [0, 0.1) is 0 Å². The molecule has 4 heterocycles. The van der Waals surface area contributed by atoms with Crippen LogP contribution in [0.2, 0.25) is 0 Å². The molecule has 8 aromatic rings. The largest absolute Gasteiger partial charge is 2.00 e. The summed E-state index contributed by atoms with van der Waals surface area (Å²) in [7, 11) is 0. The smallest absolute Gasteiger partial charge is 0.255 e. The molecular weight excluding hydrogens is 775 g/mol. The maximum atomic E-state index is 4.51. The quantitative estimate of drug-likeness (QED) is 0.168. The van der Waals surface area contributed by atoms with Crippen LogP contribution in [0.25, 0.3) is 67.3 Å². The van der Waals surface area contributed by atoms with Gasteiger partial charge in [-0.2, -0.15) is 0 Å². The minimum Gasteiger partial charge on any atom is -0.255 e. The van der Waals surface area contributed by atoms with E-state index in [9.17, 15) is 0 Å². The summed E-state index contributed by atoms with van der Waals surface area (Å²) in [5, 5.41) is 0. The Hall–Kier alpha value is -5.88. The summed E-state index contributed by atoms with van der Waals surface area (Å²) in [4.78, 5) is 18.0. The summed E-state index contributed by atoms with van der Waals surface area (Å²) < 4.78 is 0. The summed E-state index contributed by atoms with van der Waals surface area (Å²) in [6.45, 7) is 0. The standard InChI is InChI=1S/2C22H16N2.Os/c2*1-3-7-17(8-4-1)19-11-13-23-21(15-19)22-16-20(12-14-24-22)18-9-5-2-6-10-18;/h2*1-16H;/q;;+2. The van der Waals surface area contributed by atoms with Gasteiger partial charge in [-0.3, -0.25) is 19.9 Å². The normalized spacial score (nSPS) is 10.3. The van der Waals surface area contributed by atoms with Gasteiger partial charge in [0, 0.05) is 24.8 Å². The van der Waals surface area contributed by atoms with Gasteiger partial charge in [-0.25, -0.2) is 0 Å². The van der Waals surface area contributed by atoms with Crippen LogP contribution in [0.15, 0.2) is 195 Å². The minimum absolute atomic E-state index is 0. The van der Waals surface area contributed by atoms with Crippen LogP contribution in [0.1, 0.15) is 0 Å². The summed E-state index contributed by atoms with van der Waals surface area (Å²) in [6, 6.07) is 57.8. The van der Waals surface area contributed by atoms with Crippen molar-refractivity contribution in [2.45, 2.75) is 0 Å². The molecule has 0 N–H and O–H groups in total. The number of hydrogen-bond acceptors (Lipinski definition) is 4. The van der Waals surface area contributed by atoms with E-state index >= 15 is 0 Å². The molecule has 0 amide bonds. The van der Waals surface area contributed by atoms with Gasteiger partial charge in [0.2, 0.25) is 0 Å². The van der Waals surface area contributed by atoms with Crippen LogP contribution < -0.4 is 0 Å². The van der Waals surface area contributed by atoms with Gasteiger partial charge in [-0.15, -0.1) is 0 Å². The van der Waals surface area contributed by atoms with Gasteiger partial charge in [-0.1, -0.05) is 121 Å². The monoisotopic (exact) mass is 808 g/mol. The van der Waals surface area contributed by atoms with Crippen molar-refractivity contribution in [3.05, 3.63) is 195 Å². The molecule has 0 aliphatic rings. The van der Waals surface area contributed by atoms with E-state index < -0.39 is 0 Å². The topological polar surface area (TPSA) is 51.6 Å². The molecule has 0 saturated heterocycles. The Balaban J connectivity index is 0.000000167. The molecule has 0 spiro atoms. The predicted molar refractivity (Wildman–Crippen MR) is 197 cm³/mol. The second-order valence-electron chi connectivity index (χ2n) is 11.2. The SMILES string of the molecule is [Os+2].c1ccc(-c2ccnc(-c3cc(-c4ccccc4)ccn3)c2)cc1.c1ccc(-c2ccnc(-c3cc(-c4ccccc4)ccn3)c2)cc1. The average Bonchev–Trinajstić information content (AvgIpc) is 3.20. The molecule has 234 valence electrons. The fraction of sp³-hybridized carbons (Fsp3) is 0. The van der Waals surface area contributed by atoms with E-state index in [1.54, 1.807) is 0 Å². The van der Waals surface area contributed by atoms with Gasteiger partial charge in [0.1, 0.15) is 0 Å². The van der Waals surface area contributed by atoms with Gasteiger partial charge >= 0.3 is 19.8 Å². The molecule has 49 heavy (non-hydrogen) atoms. The van der Waals surface area contributed by atoms with E-state index in [0.29, 0.717) is 0 Å². The molecule has 0 atom stereocenters. The van der Waals surface area contributed by atoms with E-state index in [2.05, 4.69) is 92.7 Å². The molecule has 0 aliphatic heterocycles. The maximum absolute atomic E-state index is 4.51. The first-order valence-electron chi connectivity index (χ1n) is 15.9. The summed E-state index contributed by atoms with van der Waals surface area (Å²) in [5.41, 5.74) is 12.8. The zero-order chi connectivity index (χ0) is 32.4. The molecule has 4 aromatic heterocycles. The minimum atomic E-state index is 0. The van der Waals surface area contributed by atoms with Crippen LogP contribution in [0.5, 0.6) is 0 Å². The molecule has 0 saturated carbocycles. The van der Waals surface area contributed by atoms with Gasteiger partial charge in [0.15, 0.2) is 0 Å². The fourth-order valence-electron chi connectivity index (χ4n) is 5.52.